The number of imide groups is 1. The van der Waals surface area contributed by atoms with E-state index in [-0.39, 0.29) is 25.1 Å². The van der Waals surface area contributed by atoms with Crippen LogP contribution in [0.5, 0.6) is 0 Å². The lowest BCUT2D eigenvalue weighted by Crippen LogP contribution is -2.49. The SMILES string of the molecule is O=C(NC1CCN(C(=O)CN2C(=O)c3ccccc3C2=O)CC1)OCc1ccccc1. The van der Waals surface area contributed by atoms with E-state index in [2.05, 4.69) is 5.32 Å². The van der Waals surface area contributed by atoms with Crippen molar-refractivity contribution in [2.75, 3.05) is 19.6 Å². The third-order valence-electron chi connectivity index (χ3n) is 5.55. The summed E-state index contributed by atoms with van der Waals surface area (Å²) in [6.45, 7) is 0.797. The van der Waals surface area contributed by atoms with Crippen LogP contribution in [-0.4, -0.2) is 59.3 Å². The Kier molecular flexibility index (Phi) is 5.97. The molecule has 1 fully saturated rings. The smallest absolute Gasteiger partial charge is 0.407 e. The highest BCUT2D eigenvalue weighted by Gasteiger charge is 2.37. The molecular weight excluding hydrogens is 398 g/mol. The Bertz CT molecular complexity index is 964. The molecule has 0 aromatic heterocycles. The summed E-state index contributed by atoms with van der Waals surface area (Å²) in [6.07, 6.45) is 0.669. The predicted octanol–water partition coefficient (Wildman–Crippen LogP) is 2.20. The molecule has 4 rings (SSSR count). The number of piperidine rings is 1. The number of carbonyl (C=O) groups excluding carboxylic acids is 4. The zero-order valence-electron chi connectivity index (χ0n) is 17.0. The predicted molar refractivity (Wildman–Crippen MR) is 111 cm³/mol. The van der Waals surface area contributed by atoms with Gasteiger partial charge in [-0.15, -0.1) is 0 Å². The number of hydrogen-bond donors (Lipinski definition) is 1. The van der Waals surface area contributed by atoms with Crippen LogP contribution >= 0.6 is 0 Å². The summed E-state index contributed by atoms with van der Waals surface area (Å²) in [7, 11) is 0. The molecule has 2 heterocycles. The molecule has 0 unspecified atom stereocenters. The summed E-state index contributed by atoms with van der Waals surface area (Å²) in [5, 5.41) is 2.83. The van der Waals surface area contributed by atoms with E-state index in [1.165, 1.54) is 0 Å². The fourth-order valence-corrected chi connectivity index (χ4v) is 3.82. The number of hydrogen-bond acceptors (Lipinski definition) is 5. The number of ether oxygens (including phenoxy) is 1. The molecule has 1 N–H and O–H groups in total. The number of alkyl carbamates (subject to hydrolysis) is 1. The third kappa shape index (κ3) is 4.58. The van der Waals surface area contributed by atoms with E-state index in [0.29, 0.717) is 37.1 Å². The zero-order valence-corrected chi connectivity index (χ0v) is 17.0. The van der Waals surface area contributed by atoms with Crippen molar-refractivity contribution in [1.82, 2.24) is 15.1 Å². The lowest BCUT2D eigenvalue weighted by molar-refractivity contribution is -0.132. The minimum Gasteiger partial charge on any atom is -0.445 e. The van der Waals surface area contributed by atoms with Crippen molar-refractivity contribution in [3.63, 3.8) is 0 Å². The van der Waals surface area contributed by atoms with Crippen LogP contribution in [0.1, 0.15) is 39.1 Å². The second-order valence-corrected chi connectivity index (χ2v) is 7.60. The second-order valence-electron chi connectivity index (χ2n) is 7.60. The highest BCUT2D eigenvalue weighted by Crippen LogP contribution is 2.22. The van der Waals surface area contributed by atoms with Crippen LogP contribution < -0.4 is 5.32 Å². The van der Waals surface area contributed by atoms with Crippen molar-refractivity contribution in [2.24, 2.45) is 0 Å². The third-order valence-corrected chi connectivity index (χ3v) is 5.55. The minimum absolute atomic E-state index is 0.0911. The van der Waals surface area contributed by atoms with Gasteiger partial charge in [0.15, 0.2) is 0 Å². The molecule has 2 aromatic rings. The van der Waals surface area contributed by atoms with E-state index in [1.807, 2.05) is 30.3 Å². The summed E-state index contributed by atoms with van der Waals surface area (Å²) in [5.74, 6) is -1.15. The van der Waals surface area contributed by atoms with E-state index < -0.39 is 17.9 Å². The first-order valence-electron chi connectivity index (χ1n) is 10.2. The fraction of sp³-hybridized carbons (Fsp3) is 0.304. The molecule has 160 valence electrons. The fourth-order valence-electron chi connectivity index (χ4n) is 3.82. The molecule has 8 nitrogen and oxygen atoms in total. The highest BCUT2D eigenvalue weighted by molar-refractivity contribution is 6.22. The van der Waals surface area contributed by atoms with Crippen molar-refractivity contribution in [1.29, 1.82) is 0 Å². The molecule has 0 aliphatic carbocycles. The summed E-state index contributed by atoms with van der Waals surface area (Å²) in [5.41, 5.74) is 1.57. The summed E-state index contributed by atoms with van der Waals surface area (Å²) < 4.78 is 5.24. The molecule has 0 spiro atoms. The molecule has 0 saturated carbocycles. The highest BCUT2D eigenvalue weighted by atomic mass is 16.5. The maximum absolute atomic E-state index is 12.7. The van der Waals surface area contributed by atoms with Crippen molar-refractivity contribution in [3.05, 3.63) is 71.3 Å². The molecule has 2 aromatic carbocycles. The Morgan fingerprint density at radius 3 is 2.10 bits per heavy atom. The number of benzene rings is 2. The number of amides is 4. The van der Waals surface area contributed by atoms with Gasteiger partial charge in [0.05, 0.1) is 11.1 Å². The molecule has 31 heavy (non-hydrogen) atoms. The van der Waals surface area contributed by atoms with Crippen LogP contribution in [0, 0.1) is 0 Å². The van der Waals surface area contributed by atoms with Crippen LogP contribution in [0.25, 0.3) is 0 Å². The van der Waals surface area contributed by atoms with Gasteiger partial charge in [-0.3, -0.25) is 19.3 Å². The molecule has 0 radical (unpaired) electrons. The lowest BCUT2D eigenvalue weighted by Gasteiger charge is -2.33. The number of rotatable bonds is 5. The maximum atomic E-state index is 12.7. The summed E-state index contributed by atoms with van der Waals surface area (Å²) >= 11 is 0. The van der Waals surface area contributed by atoms with Gasteiger partial charge in [0, 0.05) is 19.1 Å². The Hall–Kier alpha value is -3.68. The molecule has 2 aliphatic heterocycles. The van der Waals surface area contributed by atoms with Gasteiger partial charge >= 0.3 is 6.09 Å². The van der Waals surface area contributed by atoms with Gasteiger partial charge in [-0.25, -0.2) is 4.79 Å². The number of fused-ring (bicyclic) bond motifs is 1. The zero-order chi connectivity index (χ0) is 21.8. The van der Waals surface area contributed by atoms with Crippen LogP contribution in [0.4, 0.5) is 4.79 Å². The van der Waals surface area contributed by atoms with Gasteiger partial charge < -0.3 is 15.0 Å². The number of carbonyl (C=O) groups is 4. The van der Waals surface area contributed by atoms with Crippen LogP contribution in [-0.2, 0) is 16.1 Å². The molecule has 8 heteroatoms. The van der Waals surface area contributed by atoms with Crippen molar-refractivity contribution >= 4 is 23.8 Å². The van der Waals surface area contributed by atoms with Gasteiger partial charge in [0.2, 0.25) is 5.91 Å². The van der Waals surface area contributed by atoms with Gasteiger partial charge in [0.25, 0.3) is 11.8 Å². The molecular formula is C23H23N3O5. The van der Waals surface area contributed by atoms with Gasteiger partial charge in [0.1, 0.15) is 13.2 Å². The average Bonchev–Trinajstić information content (AvgIpc) is 3.04. The minimum atomic E-state index is -0.486. The summed E-state index contributed by atoms with van der Waals surface area (Å²) in [6, 6.07) is 15.9. The molecule has 4 amide bonds. The number of nitrogens with zero attached hydrogens (tertiary/aromatic N) is 2. The second kappa shape index (κ2) is 8.99. The standard InChI is InChI=1S/C23H23N3O5/c27-20(14-26-21(28)18-8-4-5-9-19(18)22(26)29)25-12-10-17(11-13-25)24-23(30)31-15-16-6-2-1-3-7-16/h1-9,17H,10-15H2,(H,24,30). The van der Waals surface area contributed by atoms with E-state index in [0.717, 1.165) is 10.5 Å². The largest absolute Gasteiger partial charge is 0.445 e. The molecule has 1 saturated heterocycles. The Labute approximate surface area is 179 Å². The topological polar surface area (TPSA) is 96.0 Å². The lowest BCUT2D eigenvalue weighted by atomic mass is 10.1. The van der Waals surface area contributed by atoms with E-state index >= 15 is 0 Å². The quantitative estimate of drug-likeness (QED) is 0.747. The molecule has 0 bridgehead atoms. The average molecular weight is 421 g/mol. The number of nitrogens with one attached hydrogen (secondary N) is 1. The van der Waals surface area contributed by atoms with Gasteiger partial charge in [-0.05, 0) is 30.5 Å². The van der Waals surface area contributed by atoms with Crippen molar-refractivity contribution in [2.45, 2.75) is 25.5 Å². The van der Waals surface area contributed by atoms with E-state index in [4.69, 9.17) is 4.74 Å². The Morgan fingerprint density at radius 2 is 1.48 bits per heavy atom. The Morgan fingerprint density at radius 1 is 0.903 bits per heavy atom. The van der Waals surface area contributed by atoms with Gasteiger partial charge in [-0.1, -0.05) is 42.5 Å². The Balaban J connectivity index is 1.23. The van der Waals surface area contributed by atoms with Crippen LogP contribution in [0.15, 0.2) is 54.6 Å². The first-order valence-corrected chi connectivity index (χ1v) is 10.2. The van der Waals surface area contributed by atoms with Gasteiger partial charge in [-0.2, -0.15) is 0 Å². The van der Waals surface area contributed by atoms with Crippen molar-refractivity contribution < 1.29 is 23.9 Å². The number of likely N-dealkylation sites (tertiary alicyclic amines) is 1. The summed E-state index contributed by atoms with van der Waals surface area (Å²) in [4.78, 5) is 52.2. The van der Waals surface area contributed by atoms with E-state index in [9.17, 15) is 19.2 Å². The first kappa shape index (κ1) is 20.6. The van der Waals surface area contributed by atoms with Crippen LogP contribution in [0.3, 0.4) is 0 Å². The molecule has 0 atom stereocenters. The van der Waals surface area contributed by atoms with E-state index in [1.54, 1.807) is 29.2 Å². The normalized spacial score (nSPS) is 16.3. The monoisotopic (exact) mass is 421 g/mol. The molecule has 2 aliphatic rings. The maximum Gasteiger partial charge on any atom is 0.407 e. The first-order chi connectivity index (χ1) is 15.0. The van der Waals surface area contributed by atoms with Crippen molar-refractivity contribution in [3.8, 4) is 0 Å². The van der Waals surface area contributed by atoms with Crippen LogP contribution in [0.2, 0.25) is 0 Å².